The van der Waals surface area contributed by atoms with Gasteiger partial charge in [-0.2, -0.15) is 0 Å². The molecule has 15 heteroatoms. The Morgan fingerprint density at radius 1 is 1.14 bits per heavy atom. The third-order valence-corrected chi connectivity index (χ3v) is 11.7. The van der Waals surface area contributed by atoms with E-state index in [-0.39, 0.29) is 38.4 Å². The molecule has 13 nitrogen and oxygen atoms in total. The van der Waals surface area contributed by atoms with Gasteiger partial charge in [-0.25, -0.2) is 22.6 Å². The van der Waals surface area contributed by atoms with E-state index in [0.29, 0.717) is 29.8 Å². The number of pyridine rings is 1. The maximum Gasteiger partial charge on any atom is 0.410 e. The van der Waals surface area contributed by atoms with Crippen LogP contribution in [0.4, 0.5) is 15.0 Å². The summed E-state index contributed by atoms with van der Waals surface area (Å²) in [5.41, 5.74) is 1.21. The lowest BCUT2D eigenvalue weighted by Crippen LogP contribution is -2.58. The first kappa shape index (κ1) is 35.3. The highest BCUT2D eigenvalue weighted by Gasteiger charge is 2.62. The number of amides is 4. The highest BCUT2D eigenvalue weighted by molar-refractivity contribution is 7.91. The highest BCUT2D eigenvalue weighted by Crippen LogP contribution is 2.45. The number of aryl methyl sites for hydroxylation is 2. The Labute approximate surface area is 291 Å². The average Bonchev–Trinajstić information content (AvgIpc) is 3.93. The first-order valence-electron chi connectivity index (χ1n) is 16.9. The van der Waals surface area contributed by atoms with Crippen molar-refractivity contribution in [2.45, 2.75) is 95.4 Å². The molecule has 2 aliphatic carbocycles. The molecule has 0 radical (unpaired) electrons. The van der Waals surface area contributed by atoms with Gasteiger partial charge in [-0.15, -0.1) is 6.58 Å². The maximum absolute atomic E-state index is 14.4. The second-order valence-corrected chi connectivity index (χ2v) is 16.2. The molecule has 1 saturated heterocycles. The number of nitrogens with zero attached hydrogens (tertiary/aromatic N) is 3. The number of anilines is 1. The van der Waals surface area contributed by atoms with Gasteiger partial charge in [-0.05, 0) is 68.4 Å². The van der Waals surface area contributed by atoms with Gasteiger partial charge in [0.2, 0.25) is 21.8 Å². The fourth-order valence-electron chi connectivity index (χ4n) is 6.89. The van der Waals surface area contributed by atoms with Crippen molar-refractivity contribution >= 4 is 39.7 Å². The first-order chi connectivity index (χ1) is 23.6. The maximum atomic E-state index is 14.4. The number of halogens is 1. The molecule has 2 saturated carbocycles. The number of fused-ring (bicyclic) bond motifs is 1. The van der Waals surface area contributed by atoms with E-state index in [9.17, 15) is 32.0 Å². The Morgan fingerprint density at radius 2 is 1.88 bits per heavy atom. The van der Waals surface area contributed by atoms with Crippen molar-refractivity contribution in [1.82, 2.24) is 24.8 Å². The Balaban J connectivity index is 1.23. The van der Waals surface area contributed by atoms with Crippen molar-refractivity contribution in [3.63, 3.8) is 0 Å². The second-order valence-electron chi connectivity index (χ2n) is 14.2. The smallest absolute Gasteiger partial charge is 0.410 e. The van der Waals surface area contributed by atoms with Gasteiger partial charge in [0.15, 0.2) is 0 Å². The zero-order valence-corrected chi connectivity index (χ0v) is 29.4. The Bertz CT molecular complexity index is 1830. The van der Waals surface area contributed by atoms with Crippen molar-refractivity contribution < 1.29 is 36.7 Å². The molecule has 4 aliphatic rings. The molecule has 1 unspecified atom stereocenters. The van der Waals surface area contributed by atoms with Crippen LogP contribution in [0.15, 0.2) is 43.0 Å². The van der Waals surface area contributed by atoms with Gasteiger partial charge in [-0.3, -0.25) is 24.0 Å². The van der Waals surface area contributed by atoms with Gasteiger partial charge in [0.1, 0.15) is 35.4 Å². The summed E-state index contributed by atoms with van der Waals surface area (Å²) < 4.78 is 47.6. The van der Waals surface area contributed by atoms with Crippen molar-refractivity contribution in [3.05, 3.63) is 71.2 Å². The molecule has 3 fully saturated rings. The Morgan fingerprint density at radius 3 is 2.50 bits per heavy atom. The fraction of sp³-hybridized carbons (Fsp3) is 0.514. The number of rotatable bonds is 11. The number of carbonyl (C=O) groups excluding carboxylic acids is 4. The monoisotopic (exact) mass is 710 g/mol. The molecule has 2 aliphatic heterocycles. The van der Waals surface area contributed by atoms with Gasteiger partial charge >= 0.3 is 6.09 Å². The van der Waals surface area contributed by atoms with Crippen LogP contribution < -0.4 is 15.4 Å². The molecule has 268 valence electrons. The topological polar surface area (TPSA) is 167 Å². The third-order valence-electron chi connectivity index (χ3n) is 9.88. The number of aromatic nitrogens is 1. The van der Waals surface area contributed by atoms with Crippen LogP contribution >= 0.6 is 0 Å². The summed E-state index contributed by atoms with van der Waals surface area (Å²) in [6.45, 7) is 11.2. The summed E-state index contributed by atoms with van der Waals surface area (Å²) in [4.78, 5) is 62.4. The van der Waals surface area contributed by atoms with Crippen molar-refractivity contribution in [2.24, 2.45) is 11.8 Å². The largest absolute Gasteiger partial charge is 0.444 e. The fourth-order valence-corrected chi connectivity index (χ4v) is 8.25. The van der Waals surface area contributed by atoms with Crippen LogP contribution in [0.1, 0.15) is 61.9 Å². The minimum Gasteiger partial charge on any atom is -0.444 e. The predicted molar refractivity (Wildman–Crippen MR) is 181 cm³/mol. The van der Waals surface area contributed by atoms with Crippen molar-refractivity contribution in [3.8, 4) is 0 Å². The number of carbonyl (C=O) groups is 4. The third kappa shape index (κ3) is 7.05. The van der Waals surface area contributed by atoms with Crippen LogP contribution in [0.2, 0.25) is 0 Å². The molecule has 2 aromatic rings. The summed E-state index contributed by atoms with van der Waals surface area (Å²) in [5.74, 6) is -2.71. The number of hydrogen-bond acceptors (Lipinski definition) is 9. The summed E-state index contributed by atoms with van der Waals surface area (Å²) in [6, 6.07) is 6.36. The molecule has 50 heavy (non-hydrogen) atoms. The van der Waals surface area contributed by atoms with E-state index < -0.39 is 74.5 Å². The molecule has 3 heterocycles. The lowest BCUT2D eigenvalue weighted by Gasteiger charge is -2.31. The standard InChI is InChI=1S/C35H43FN6O7S/c1-6-23-15-35(23,33(45)40-50(47,48)25-10-11-25)39-31(43)28-14-24(49-34(46)41-16-22-8-7-9-27(36)26(22)18-41)17-42(28)32(44)30(19(2)3)38-29-13-20(4)12-21(5)37-29/h6-9,12-13,19,23-25,28,30H,1,10-11,14-18H2,2-5H3,(H,37,38)(H,39,43)(H,40,45)/t23-,24-,28+,30?,35-/m1/s1. The highest BCUT2D eigenvalue weighted by atomic mass is 32.2. The number of ether oxygens (including phenoxy) is 1. The minimum absolute atomic E-state index is 0.0205. The Kier molecular flexibility index (Phi) is 9.39. The molecular weight excluding hydrogens is 667 g/mol. The summed E-state index contributed by atoms with van der Waals surface area (Å²) in [7, 11) is -3.90. The lowest BCUT2D eigenvalue weighted by atomic mass is 10.0. The van der Waals surface area contributed by atoms with E-state index in [4.69, 9.17) is 4.74 Å². The van der Waals surface area contributed by atoms with Gasteiger partial charge in [-0.1, -0.05) is 32.1 Å². The van der Waals surface area contributed by atoms with E-state index in [1.807, 2.05) is 39.8 Å². The molecule has 1 aromatic heterocycles. The van der Waals surface area contributed by atoms with Gasteiger partial charge in [0, 0.05) is 30.1 Å². The SMILES string of the molecule is C=C[C@@H]1C[C@]1(NC(=O)[C@@H]1C[C@@H](OC(=O)N2Cc3cccc(F)c3C2)CN1C(=O)C(Nc1cc(C)cc(C)n1)C(C)C)C(=O)NS(=O)(=O)C1CC1. The summed E-state index contributed by atoms with van der Waals surface area (Å²) in [6.07, 6.45) is 0.818. The predicted octanol–water partition coefficient (Wildman–Crippen LogP) is 3.07. The second kappa shape index (κ2) is 13.3. The molecule has 0 bridgehead atoms. The zero-order chi connectivity index (χ0) is 36.1. The van der Waals surface area contributed by atoms with E-state index in [0.717, 1.165) is 11.3 Å². The number of likely N-dealkylation sites (tertiary alicyclic amines) is 1. The van der Waals surface area contributed by atoms with Crippen LogP contribution in [0.5, 0.6) is 0 Å². The van der Waals surface area contributed by atoms with Gasteiger partial charge in [0.25, 0.3) is 5.91 Å². The number of sulfonamides is 1. The molecule has 3 N–H and O–H groups in total. The molecule has 4 amide bonds. The van der Waals surface area contributed by atoms with E-state index in [1.165, 1.54) is 21.9 Å². The van der Waals surface area contributed by atoms with E-state index >= 15 is 0 Å². The Hall–Kier alpha value is -4.53. The van der Waals surface area contributed by atoms with Crippen LogP contribution in [-0.4, -0.2) is 82.5 Å². The van der Waals surface area contributed by atoms with Crippen molar-refractivity contribution in [2.75, 3.05) is 11.9 Å². The van der Waals surface area contributed by atoms with Gasteiger partial charge < -0.3 is 20.3 Å². The number of hydrogen-bond donors (Lipinski definition) is 3. The summed E-state index contributed by atoms with van der Waals surface area (Å²) in [5, 5.41) is 5.32. The average molecular weight is 711 g/mol. The van der Waals surface area contributed by atoms with E-state index in [1.54, 1.807) is 12.1 Å². The number of nitrogens with one attached hydrogen (secondary N) is 3. The zero-order valence-electron chi connectivity index (χ0n) is 28.6. The molecular formula is C35H43FN6O7S. The quantitative estimate of drug-likeness (QED) is 0.297. The normalized spacial score (nSPS) is 24.7. The molecule has 1 aromatic carbocycles. The van der Waals surface area contributed by atoms with Crippen LogP contribution in [-0.2, 0) is 42.2 Å². The first-order valence-corrected chi connectivity index (χ1v) is 18.4. The minimum atomic E-state index is -3.90. The van der Waals surface area contributed by atoms with E-state index in [2.05, 4.69) is 26.9 Å². The summed E-state index contributed by atoms with van der Waals surface area (Å²) >= 11 is 0. The van der Waals surface area contributed by atoms with Crippen molar-refractivity contribution in [1.29, 1.82) is 0 Å². The van der Waals surface area contributed by atoms with Crippen LogP contribution in [0, 0.1) is 31.5 Å². The molecule has 6 rings (SSSR count). The molecule has 0 spiro atoms. The van der Waals surface area contributed by atoms with Gasteiger partial charge in [0.05, 0.1) is 18.3 Å². The van der Waals surface area contributed by atoms with Crippen LogP contribution in [0.25, 0.3) is 0 Å². The number of benzene rings is 1. The lowest BCUT2D eigenvalue weighted by molar-refractivity contribution is -0.140. The molecule has 5 atom stereocenters. The van der Waals surface area contributed by atoms with Crippen LogP contribution in [0.3, 0.4) is 0 Å².